The summed E-state index contributed by atoms with van der Waals surface area (Å²) in [5.74, 6) is 4.54. The summed E-state index contributed by atoms with van der Waals surface area (Å²) in [6, 6.07) is 16.4. The number of alkyl carbamates (subject to hydrolysis) is 1. The quantitative estimate of drug-likeness (QED) is 0.0684. The third-order valence-electron chi connectivity index (χ3n) is 9.30. The van der Waals surface area contributed by atoms with Gasteiger partial charge in [-0.2, -0.15) is 0 Å². The first-order valence-electron chi connectivity index (χ1n) is 20.6. The van der Waals surface area contributed by atoms with Crippen molar-refractivity contribution in [2.45, 2.75) is 44.1 Å². The molecule has 2 aromatic rings. The monoisotopic (exact) mass is 837 g/mol. The van der Waals surface area contributed by atoms with Crippen molar-refractivity contribution in [3.63, 3.8) is 0 Å². The summed E-state index contributed by atoms with van der Waals surface area (Å²) in [7, 11) is 0. The van der Waals surface area contributed by atoms with Crippen LogP contribution in [0.1, 0.15) is 49.7 Å². The summed E-state index contributed by atoms with van der Waals surface area (Å²) in [5.41, 5.74) is 3.95. The van der Waals surface area contributed by atoms with Gasteiger partial charge in [0.15, 0.2) is 0 Å². The molecule has 0 spiro atoms. The Labute approximate surface area is 355 Å². The van der Waals surface area contributed by atoms with Crippen LogP contribution in [-0.4, -0.2) is 149 Å². The molecule has 0 unspecified atom stereocenters. The van der Waals surface area contributed by atoms with E-state index < -0.39 is 11.6 Å². The number of rotatable bonds is 35. The molecule has 0 bridgehead atoms. The molecular formula is C45H63N3O12. The van der Waals surface area contributed by atoms with Crippen molar-refractivity contribution in [3.8, 4) is 35.8 Å². The van der Waals surface area contributed by atoms with Gasteiger partial charge in [0.05, 0.1) is 98.0 Å². The molecule has 1 aliphatic rings. The Kier molecular flexibility index (Phi) is 26.0. The molecule has 0 atom stereocenters. The van der Waals surface area contributed by atoms with E-state index in [4.69, 9.17) is 55.5 Å². The highest BCUT2D eigenvalue weighted by Crippen LogP contribution is 2.44. The minimum absolute atomic E-state index is 0.00221. The number of carbonyl (C=O) groups is 3. The molecule has 3 N–H and O–H groups in total. The predicted molar refractivity (Wildman–Crippen MR) is 225 cm³/mol. The normalized spacial score (nSPS) is 11.9. The zero-order chi connectivity index (χ0) is 42.9. The average molecular weight is 838 g/mol. The zero-order valence-corrected chi connectivity index (χ0v) is 35.0. The van der Waals surface area contributed by atoms with Gasteiger partial charge in [0.1, 0.15) is 19.8 Å². The highest BCUT2D eigenvalue weighted by molar-refractivity contribution is 5.79. The van der Waals surface area contributed by atoms with Gasteiger partial charge in [-0.05, 0) is 35.1 Å². The minimum Gasteiger partial charge on any atom is -0.449 e. The van der Waals surface area contributed by atoms with Crippen LogP contribution in [0.15, 0.2) is 48.5 Å². The van der Waals surface area contributed by atoms with E-state index in [1.165, 1.54) is 11.1 Å². The number of hydrogen-bond acceptors (Lipinski definition) is 12. The van der Waals surface area contributed by atoms with Crippen LogP contribution in [0.5, 0.6) is 0 Å². The highest BCUT2D eigenvalue weighted by atomic mass is 16.6. The van der Waals surface area contributed by atoms with Crippen molar-refractivity contribution in [3.05, 3.63) is 59.7 Å². The maximum atomic E-state index is 12.5. The van der Waals surface area contributed by atoms with Gasteiger partial charge in [0.25, 0.3) is 0 Å². The molecule has 2 aromatic carbocycles. The predicted octanol–water partition coefficient (Wildman–Crippen LogP) is 3.48. The molecule has 0 heterocycles. The molecule has 330 valence electrons. The fourth-order valence-electron chi connectivity index (χ4n) is 6.18. The topological polar surface area (TPSA) is 170 Å². The highest BCUT2D eigenvalue weighted by Gasteiger charge is 2.31. The van der Waals surface area contributed by atoms with Crippen LogP contribution in [0, 0.1) is 24.7 Å². The van der Waals surface area contributed by atoms with Crippen LogP contribution in [0.25, 0.3) is 11.1 Å². The van der Waals surface area contributed by atoms with Crippen LogP contribution in [-0.2, 0) is 52.2 Å². The molecule has 15 heteroatoms. The lowest BCUT2D eigenvalue weighted by molar-refractivity contribution is -0.126. The fourth-order valence-corrected chi connectivity index (χ4v) is 6.18. The van der Waals surface area contributed by atoms with Crippen LogP contribution in [0.3, 0.4) is 0 Å². The number of amides is 3. The molecule has 0 fully saturated rings. The van der Waals surface area contributed by atoms with Gasteiger partial charge >= 0.3 is 6.09 Å². The van der Waals surface area contributed by atoms with Gasteiger partial charge in [0, 0.05) is 31.8 Å². The van der Waals surface area contributed by atoms with E-state index >= 15 is 0 Å². The average Bonchev–Trinajstić information content (AvgIpc) is 3.58. The summed E-state index contributed by atoms with van der Waals surface area (Å²) < 4.78 is 49.5. The lowest BCUT2D eigenvalue weighted by Crippen LogP contribution is -2.55. The van der Waals surface area contributed by atoms with Crippen molar-refractivity contribution in [1.29, 1.82) is 0 Å². The van der Waals surface area contributed by atoms with E-state index in [1.54, 1.807) is 0 Å². The van der Waals surface area contributed by atoms with E-state index in [2.05, 4.69) is 52.1 Å². The molecule has 0 aromatic heterocycles. The van der Waals surface area contributed by atoms with Crippen LogP contribution in [0.2, 0.25) is 0 Å². The van der Waals surface area contributed by atoms with Gasteiger partial charge in [-0.25, -0.2) is 4.79 Å². The molecule has 3 rings (SSSR count). The standard InChI is InChI=1S/C45H63N3O12/c1-4-20-58-35-45(6-3,36-59-21-5-2)48-43(50)17-22-52-24-26-54-28-30-56-32-33-57-31-29-55-27-25-53-23-19-46-42(49)16-11-18-47-44(51)60-34-41-39-14-9-7-12-37(39)38-13-8-10-15-40(38)41/h1-2,7-10,12-15,41H,6,11,16-36H2,3H3,(H,46,49)(H,47,51)(H,48,50). The number of terminal acetylenes is 2. The van der Waals surface area contributed by atoms with Gasteiger partial charge in [-0.15, -0.1) is 12.8 Å². The fraction of sp³-hybridized carbons (Fsp3) is 0.578. The summed E-state index contributed by atoms with van der Waals surface area (Å²) in [4.78, 5) is 37.0. The molecular weight excluding hydrogens is 775 g/mol. The number of ether oxygens (including phenoxy) is 9. The smallest absolute Gasteiger partial charge is 0.407 e. The summed E-state index contributed by atoms with van der Waals surface area (Å²) in [6.07, 6.45) is 11.6. The Morgan fingerprint density at radius 2 is 1.08 bits per heavy atom. The lowest BCUT2D eigenvalue weighted by Gasteiger charge is -2.33. The van der Waals surface area contributed by atoms with E-state index in [1.807, 2.05) is 31.2 Å². The second kappa shape index (κ2) is 31.3. The van der Waals surface area contributed by atoms with Crippen molar-refractivity contribution in [2.75, 3.05) is 125 Å². The number of fused-ring (bicyclic) bond motifs is 3. The summed E-state index contributed by atoms with van der Waals surface area (Å²) >= 11 is 0. The first-order valence-corrected chi connectivity index (χ1v) is 20.6. The Bertz CT molecular complexity index is 1540. The van der Waals surface area contributed by atoms with E-state index in [-0.39, 0.29) is 70.2 Å². The van der Waals surface area contributed by atoms with E-state index in [0.29, 0.717) is 98.6 Å². The summed E-state index contributed by atoms with van der Waals surface area (Å²) in [6.45, 7) is 8.30. The Morgan fingerprint density at radius 3 is 1.58 bits per heavy atom. The first-order chi connectivity index (χ1) is 29.4. The molecule has 1 aliphatic carbocycles. The molecule has 0 aliphatic heterocycles. The van der Waals surface area contributed by atoms with E-state index in [0.717, 1.165) is 11.1 Å². The molecule has 0 saturated heterocycles. The van der Waals surface area contributed by atoms with Gasteiger partial charge < -0.3 is 58.6 Å². The molecule has 15 nitrogen and oxygen atoms in total. The van der Waals surface area contributed by atoms with Crippen molar-refractivity contribution in [2.24, 2.45) is 0 Å². The van der Waals surface area contributed by atoms with Gasteiger partial charge in [0.2, 0.25) is 11.8 Å². The second-order valence-electron chi connectivity index (χ2n) is 13.7. The number of nitrogens with one attached hydrogen (secondary N) is 3. The Hall–Kier alpha value is -4.55. The zero-order valence-electron chi connectivity index (χ0n) is 35.0. The van der Waals surface area contributed by atoms with Crippen LogP contribution < -0.4 is 16.0 Å². The maximum absolute atomic E-state index is 12.5. The second-order valence-corrected chi connectivity index (χ2v) is 13.7. The Balaban J connectivity index is 1.03. The van der Waals surface area contributed by atoms with E-state index in [9.17, 15) is 14.4 Å². The molecule has 0 saturated carbocycles. The van der Waals surface area contributed by atoms with Crippen LogP contribution >= 0.6 is 0 Å². The van der Waals surface area contributed by atoms with Crippen LogP contribution in [0.4, 0.5) is 4.79 Å². The summed E-state index contributed by atoms with van der Waals surface area (Å²) in [5, 5.41) is 8.53. The van der Waals surface area contributed by atoms with Crippen molar-refractivity contribution < 1.29 is 57.0 Å². The minimum atomic E-state index is -0.726. The van der Waals surface area contributed by atoms with Gasteiger partial charge in [-0.3, -0.25) is 9.59 Å². The SMILES string of the molecule is C#CCOCC(CC)(COCC#C)NC(=O)CCOCCOCCOCCOCCOCCOCCNC(=O)CCCNC(=O)OCC1c2ccccc2-c2ccccc21. The molecule has 0 radical (unpaired) electrons. The first kappa shape index (κ1) is 49.8. The molecule has 60 heavy (non-hydrogen) atoms. The van der Waals surface area contributed by atoms with Gasteiger partial charge in [-0.1, -0.05) is 67.3 Å². The molecule has 3 amide bonds. The number of carbonyl (C=O) groups excluding carboxylic acids is 3. The lowest BCUT2D eigenvalue weighted by atomic mass is 9.98. The van der Waals surface area contributed by atoms with Crippen molar-refractivity contribution >= 4 is 17.9 Å². The largest absolute Gasteiger partial charge is 0.449 e. The number of hydrogen-bond donors (Lipinski definition) is 3. The maximum Gasteiger partial charge on any atom is 0.407 e. The third kappa shape index (κ3) is 20.1. The Morgan fingerprint density at radius 1 is 0.600 bits per heavy atom. The third-order valence-corrected chi connectivity index (χ3v) is 9.30. The number of benzene rings is 2. The van der Waals surface area contributed by atoms with Crippen molar-refractivity contribution in [1.82, 2.24) is 16.0 Å².